The van der Waals surface area contributed by atoms with Crippen molar-refractivity contribution >= 4 is 11.3 Å². The van der Waals surface area contributed by atoms with Gasteiger partial charge in [0.2, 0.25) is 0 Å². The lowest BCUT2D eigenvalue weighted by Gasteiger charge is -2.17. The van der Waals surface area contributed by atoms with Crippen molar-refractivity contribution in [3.63, 3.8) is 0 Å². The fraction of sp³-hybridized carbons (Fsp3) is 0.375. The number of hydrogen-bond donors (Lipinski definition) is 1. The Morgan fingerprint density at radius 2 is 2.05 bits per heavy atom. The summed E-state index contributed by atoms with van der Waals surface area (Å²) in [4.78, 5) is 1.35. The molecule has 1 aromatic carbocycles. The Morgan fingerprint density at radius 3 is 2.70 bits per heavy atom. The molecule has 0 amide bonds. The first-order valence-corrected chi connectivity index (χ1v) is 7.65. The van der Waals surface area contributed by atoms with Crippen LogP contribution in [0.15, 0.2) is 41.8 Å². The van der Waals surface area contributed by atoms with E-state index in [0.29, 0.717) is 12.5 Å². The van der Waals surface area contributed by atoms with Gasteiger partial charge in [-0.15, -0.1) is 11.3 Å². The minimum atomic E-state index is -0.184. The van der Waals surface area contributed by atoms with Crippen molar-refractivity contribution < 1.29 is 9.13 Å². The van der Waals surface area contributed by atoms with Gasteiger partial charge >= 0.3 is 0 Å². The fourth-order valence-corrected chi connectivity index (χ4v) is 2.95. The molecule has 4 heteroatoms. The van der Waals surface area contributed by atoms with Gasteiger partial charge < -0.3 is 10.1 Å². The van der Waals surface area contributed by atoms with Gasteiger partial charge in [0.1, 0.15) is 5.82 Å². The molecule has 0 aliphatic rings. The summed E-state index contributed by atoms with van der Waals surface area (Å²) in [5.41, 5.74) is 1.17. The van der Waals surface area contributed by atoms with E-state index >= 15 is 0 Å². The van der Waals surface area contributed by atoms with Crippen LogP contribution in [0.4, 0.5) is 4.39 Å². The summed E-state index contributed by atoms with van der Waals surface area (Å²) < 4.78 is 18.1. The zero-order valence-electron chi connectivity index (χ0n) is 11.6. The maximum absolute atomic E-state index is 13.0. The van der Waals surface area contributed by atoms with Crippen LogP contribution in [0.2, 0.25) is 0 Å². The molecule has 0 radical (unpaired) electrons. The molecule has 1 heterocycles. The molecule has 0 saturated carbocycles. The molecule has 0 aliphatic heterocycles. The van der Waals surface area contributed by atoms with Gasteiger partial charge in [0.05, 0.1) is 6.61 Å². The molecule has 2 rings (SSSR count). The highest BCUT2D eigenvalue weighted by molar-refractivity contribution is 7.09. The molecule has 2 aromatic rings. The molecule has 20 heavy (non-hydrogen) atoms. The van der Waals surface area contributed by atoms with Crippen LogP contribution in [0.3, 0.4) is 0 Å². The predicted octanol–water partition coefficient (Wildman–Crippen LogP) is 3.45. The van der Waals surface area contributed by atoms with Crippen LogP contribution in [0.5, 0.6) is 0 Å². The lowest BCUT2D eigenvalue weighted by molar-refractivity contribution is 0.199. The number of hydrogen-bond acceptors (Lipinski definition) is 3. The molecule has 1 aromatic heterocycles. The Morgan fingerprint density at radius 1 is 1.25 bits per heavy atom. The molecule has 1 unspecified atom stereocenters. The minimum absolute atomic E-state index is 0.184. The number of thiophene rings is 1. The Labute approximate surface area is 123 Å². The topological polar surface area (TPSA) is 21.3 Å². The predicted molar refractivity (Wildman–Crippen MR) is 81.9 cm³/mol. The van der Waals surface area contributed by atoms with Gasteiger partial charge in [0.15, 0.2) is 0 Å². The monoisotopic (exact) mass is 293 g/mol. The third-order valence-electron chi connectivity index (χ3n) is 3.24. The number of halogens is 1. The van der Waals surface area contributed by atoms with Gasteiger partial charge in [0, 0.05) is 31.0 Å². The van der Waals surface area contributed by atoms with Crippen LogP contribution in [0.25, 0.3) is 0 Å². The van der Waals surface area contributed by atoms with E-state index in [1.54, 1.807) is 18.4 Å². The van der Waals surface area contributed by atoms with Gasteiger partial charge in [-0.25, -0.2) is 4.39 Å². The standard InChI is InChI=1S/C16H20FNOS/c1-19-9-8-18-12-14(11-16-3-2-10-20-16)13-4-6-15(17)7-5-13/h2-7,10,14,18H,8-9,11-12H2,1H3. The van der Waals surface area contributed by atoms with Crippen molar-refractivity contribution in [2.45, 2.75) is 12.3 Å². The Balaban J connectivity index is 2.00. The summed E-state index contributed by atoms with van der Waals surface area (Å²) in [7, 11) is 1.70. The largest absolute Gasteiger partial charge is 0.383 e. The summed E-state index contributed by atoms with van der Waals surface area (Å²) in [6.07, 6.45) is 0.975. The number of benzene rings is 1. The first kappa shape index (κ1) is 15.2. The van der Waals surface area contributed by atoms with Crippen LogP contribution >= 0.6 is 11.3 Å². The smallest absolute Gasteiger partial charge is 0.123 e. The Hall–Kier alpha value is -1.23. The molecule has 108 valence electrons. The van der Waals surface area contributed by atoms with Crippen molar-refractivity contribution in [2.24, 2.45) is 0 Å². The van der Waals surface area contributed by atoms with E-state index in [-0.39, 0.29) is 5.82 Å². The average molecular weight is 293 g/mol. The van der Waals surface area contributed by atoms with Crippen molar-refractivity contribution in [3.8, 4) is 0 Å². The number of rotatable bonds is 8. The number of methoxy groups -OCH3 is 1. The molecule has 1 N–H and O–H groups in total. The van der Waals surface area contributed by atoms with E-state index in [1.807, 2.05) is 12.1 Å². The van der Waals surface area contributed by atoms with Crippen LogP contribution in [-0.4, -0.2) is 26.8 Å². The molecular weight excluding hydrogens is 273 g/mol. The summed E-state index contributed by atoms with van der Waals surface area (Å²) in [6, 6.07) is 11.0. The lowest BCUT2D eigenvalue weighted by atomic mass is 9.95. The first-order chi connectivity index (χ1) is 9.79. The highest BCUT2D eigenvalue weighted by atomic mass is 32.1. The van der Waals surface area contributed by atoms with Crippen LogP contribution in [-0.2, 0) is 11.2 Å². The molecular formula is C16H20FNOS. The molecule has 0 aliphatic carbocycles. The quantitative estimate of drug-likeness (QED) is 0.753. The highest BCUT2D eigenvalue weighted by Crippen LogP contribution is 2.23. The van der Waals surface area contributed by atoms with E-state index in [9.17, 15) is 4.39 Å². The van der Waals surface area contributed by atoms with Crippen molar-refractivity contribution in [2.75, 3.05) is 26.8 Å². The summed E-state index contributed by atoms with van der Waals surface area (Å²) in [6.45, 7) is 2.40. The summed E-state index contributed by atoms with van der Waals surface area (Å²) in [5.74, 6) is 0.169. The fourth-order valence-electron chi connectivity index (χ4n) is 2.16. The molecule has 1 atom stereocenters. The van der Waals surface area contributed by atoms with Gasteiger partial charge in [-0.3, -0.25) is 0 Å². The zero-order chi connectivity index (χ0) is 14.2. The second-order valence-corrected chi connectivity index (χ2v) is 5.76. The summed E-state index contributed by atoms with van der Waals surface area (Å²) in [5, 5.41) is 5.49. The molecule has 0 saturated heterocycles. The van der Waals surface area contributed by atoms with Gasteiger partial charge in [-0.2, -0.15) is 0 Å². The minimum Gasteiger partial charge on any atom is -0.383 e. The van der Waals surface area contributed by atoms with E-state index in [4.69, 9.17) is 4.74 Å². The first-order valence-electron chi connectivity index (χ1n) is 6.77. The maximum Gasteiger partial charge on any atom is 0.123 e. The normalized spacial score (nSPS) is 12.5. The van der Waals surface area contributed by atoms with Gasteiger partial charge in [-0.1, -0.05) is 18.2 Å². The Bertz CT molecular complexity index is 484. The molecule has 2 nitrogen and oxygen atoms in total. The van der Waals surface area contributed by atoms with Crippen molar-refractivity contribution in [1.82, 2.24) is 5.32 Å². The molecule has 0 spiro atoms. The second-order valence-electron chi connectivity index (χ2n) is 4.73. The Kier molecular flexibility index (Phi) is 6.18. The molecule has 0 fully saturated rings. The van der Waals surface area contributed by atoms with Gasteiger partial charge in [-0.05, 0) is 35.6 Å². The van der Waals surface area contributed by atoms with Crippen molar-refractivity contribution in [1.29, 1.82) is 0 Å². The molecule has 0 bridgehead atoms. The van der Waals surface area contributed by atoms with E-state index < -0.39 is 0 Å². The van der Waals surface area contributed by atoms with Crippen LogP contribution in [0, 0.1) is 5.82 Å². The van der Waals surface area contributed by atoms with E-state index in [2.05, 4.69) is 22.8 Å². The van der Waals surface area contributed by atoms with E-state index in [1.165, 1.54) is 22.6 Å². The average Bonchev–Trinajstić information content (AvgIpc) is 2.96. The third kappa shape index (κ3) is 4.71. The third-order valence-corrected chi connectivity index (χ3v) is 4.14. The summed E-state index contributed by atoms with van der Waals surface area (Å²) >= 11 is 1.77. The van der Waals surface area contributed by atoms with E-state index in [0.717, 1.165) is 19.5 Å². The van der Waals surface area contributed by atoms with Crippen molar-refractivity contribution in [3.05, 3.63) is 58.0 Å². The zero-order valence-corrected chi connectivity index (χ0v) is 12.5. The number of ether oxygens (including phenoxy) is 1. The maximum atomic E-state index is 13.0. The lowest BCUT2D eigenvalue weighted by Crippen LogP contribution is -2.26. The van der Waals surface area contributed by atoms with Crippen LogP contribution < -0.4 is 5.32 Å². The SMILES string of the molecule is COCCNCC(Cc1cccs1)c1ccc(F)cc1. The highest BCUT2D eigenvalue weighted by Gasteiger charge is 2.13. The van der Waals surface area contributed by atoms with Gasteiger partial charge in [0.25, 0.3) is 0 Å². The second kappa shape index (κ2) is 8.15. The number of nitrogens with one attached hydrogen (secondary N) is 1. The van der Waals surface area contributed by atoms with Crippen LogP contribution in [0.1, 0.15) is 16.4 Å².